The van der Waals surface area contributed by atoms with Gasteiger partial charge < -0.3 is 20.1 Å². The second kappa shape index (κ2) is 4.87. The summed E-state index contributed by atoms with van der Waals surface area (Å²) < 4.78 is 1.68. The molecule has 0 bridgehead atoms. The fourth-order valence-electron chi connectivity index (χ4n) is 2.50. The minimum absolute atomic E-state index is 0.0345. The van der Waals surface area contributed by atoms with Gasteiger partial charge in [0.1, 0.15) is 0 Å². The van der Waals surface area contributed by atoms with Gasteiger partial charge >= 0.3 is 11.8 Å². The Balaban J connectivity index is 2.24. The molecule has 0 amide bonds. The number of anilines is 1. The molecule has 0 aromatic carbocycles. The number of rotatable bonds is 4. The van der Waals surface area contributed by atoms with Crippen LogP contribution in [0.4, 0.5) is 11.6 Å². The molecule has 1 aromatic rings. The summed E-state index contributed by atoms with van der Waals surface area (Å²) in [5, 5.41) is 19.8. The van der Waals surface area contributed by atoms with E-state index < -0.39 is 10.9 Å². The van der Waals surface area contributed by atoms with Crippen molar-refractivity contribution >= 4 is 17.6 Å². The van der Waals surface area contributed by atoms with Gasteiger partial charge in [-0.1, -0.05) is 0 Å². The van der Waals surface area contributed by atoms with Crippen LogP contribution in [0, 0.1) is 23.0 Å². The van der Waals surface area contributed by atoms with E-state index in [1.165, 1.54) is 0 Å². The molecular weight excluding hydrogens is 252 g/mol. The van der Waals surface area contributed by atoms with Gasteiger partial charge in [-0.15, -0.1) is 0 Å². The third kappa shape index (κ3) is 2.51. The first-order valence-electron chi connectivity index (χ1n) is 6.04. The molecule has 2 heterocycles. The van der Waals surface area contributed by atoms with Crippen LogP contribution in [0.15, 0.2) is 0 Å². The van der Waals surface area contributed by atoms with Crippen LogP contribution in [-0.2, 0) is 11.8 Å². The Bertz CT molecular complexity index is 525. The molecule has 1 fully saturated rings. The molecule has 2 rings (SSSR count). The molecule has 1 saturated heterocycles. The monoisotopic (exact) mass is 268 g/mol. The maximum Gasteiger partial charge on any atom is 0.406 e. The predicted octanol–water partition coefficient (Wildman–Crippen LogP) is 0.938. The summed E-state index contributed by atoms with van der Waals surface area (Å²) in [5.74, 6) is 0.0876. The minimum atomic E-state index is -0.831. The Kier molecular flexibility index (Phi) is 3.41. The first-order chi connectivity index (χ1) is 8.90. The lowest BCUT2D eigenvalue weighted by Crippen LogP contribution is -2.23. The number of carboxylic acid groups (broad SMARTS) is 1. The van der Waals surface area contributed by atoms with E-state index >= 15 is 0 Å². The number of hydrogen-bond acceptors (Lipinski definition) is 5. The normalized spacial score (nSPS) is 18.8. The van der Waals surface area contributed by atoms with E-state index in [1.807, 2.05) is 4.90 Å². The Labute approximate surface area is 109 Å². The molecule has 1 unspecified atom stereocenters. The SMILES string of the molecule is Cc1nc([N+](=O)[O-])c(N2CCC(CC(=O)O)C2)n1C. The van der Waals surface area contributed by atoms with Crippen molar-refractivity contribution < 1.29 is 14.8 Å². The average Bonchev–Trinajstić information content (AvgIpc) is 2.85. The Morgan fingerprint density at radius 3 is 2.89 bits per heavy atom. The first kappa shape index (κ1) is 13.3. The minimum Gasteiger partial charge on any atom is -0.481 e. The van der Waals surface area contributed by atoms with Crippen LogP contribution in [0.25, 0.3) is 0 Å². The molecule has 1 aliphatic heterocycles. The van der Waals surface area contributed by atoms with E-state index in [-0.39, 0.29) is 18.2 Å². The lowest BCUT2D eigenvalue weighted by molar-refractivity contribution is -0.388. The van der Waals surface area contributed by atoms with Crippen molar-refractivity contribution in [2.75, 3.05) is 18.0 Å². The van der Waals surface area contributed by atoms with Gasteiger partial charge in [-0.05, 0) is 22.2 Å². The number of carbonyl (C=O) groups is 1. The third-order valence-corrected chi connectivity index (χ3v) is 3.49. The van der Waals surface area contributed by atoms with Crippen LogP contribution in [-0.4, -0.2) is 38.6 Å². The highest BCUT2D eigenvalue weighted by atomic mass is 16.6. The average molecular weight is 268 g/mol. The van der Waals surface area contributed by atoms with Gasteiger partial charge in [0.05, 0.1) is 0 Å². The summed E-state index contributed by atoms with van der Waals surface area (Å²) in [4.78, 5) is 27.0. The summed E-state index contributed by atoms with van der Waals surface area (Å²) in [7, 11) is 1.73. The van der Waals surface area contributed by atoms with E-state index in [0.29, 0.717) is 24.7 Å². The maximum atomic E-state index is 11.0. The third-order valence-electron chi connectivity index (χ3n) is 3.49. The molecule has 8 nitrogen and oxygen atoms in total. The zero-order chi connectivity index (χ0) is 14.2. The smallest absolute Gasteiger partial charge is 0.406 e. The fraction of sp³-hybridized carbons (Fsp3) is 0.636. The molecule has 0 saturated carbocycles. The number of imidazole rings is 1. The van der Waals surface area contributed by atoms with Crippen LogP contribution in [0.1, 0.15) is 18.7 Å². The van der Waals surface area contributed by atoms with E-state index in [4.69, 9.17) is 5.11 Å². The summed E-state index contributed by atoms with van der Waals surface area (Å²) >= 11 is 0. The van der Waals surface area contributed by atoms with Crippen molar-refractivity contribution in [1.29, 1.82) is 0 Å². The van der Waals surface area contributed by atoms with E-state index in [9.17, 15) is 14.9 Å². The molecule has 1 aliphatic rings. The molecule has 0 spiro atoms. The highest BCUT2D eigenvalue weighted by molar-refractivity contribution is 5.67. The number of carboxylic acids is 1. The Hall–Kier alpha value is -2.12. The molecular formula is C11H16N4O4. The maximum absolute atomic E-state index is 11.0. The molecule has 1 atom stereocenters. The Morgan fingerprint density at radius 2 is 2.32 bits per heavy atom. The molecule has 1 aromatic heterocycles. The van der Waals surface area contributed by atoms with Crippen molar-refractivity contribution in [3.63, 3.8) is 0 Å². The molecule has 104 valence electrons. The zero-order valence-corrected chi connectivity index (χ0v) is 10.9. The van der Waals surface area contributed by atoms with Gasteiger partial charge in [0.15, 0.2) is 0 Å². The Morgan fingerprint density at radius 1 is 1.63 bits per heavy atom. The number of nitro groups is 1. The van der Waals surface area contributed by atoms with Crippen molar-refractivity contribution in [2.24, 2.45) is 13.0 Å². The van der Waals surface area contributed by atoms with Crippen LogP contribution in [0.2, 0.25) is 0 Å². The number of nitrogens with zero attached hydrogens (tertiary/aromatic N) is 4. The standard InChI is InChI=1S/C11H16N4O4/c1-7-12-10(15(18)19)11(13(7)2)14-4-3-8(6-14)5-9(16)17/h8H,3-6H2,1-2H3,(H,16,17). The van der Waals surface area contributed by atoms with Crippen LogP contribution in [0.3, 0.4) is 0 Å². The quantitative estimate of drug-likeness (QED) is 0.644. The number of aliphatic carboxylic acids is 1. The molecule has 19 heavy (non-hydrogen) atoms. The number of aryl methyl sites for hydroxylation is 1. The lowest BCUT2D eigenvalue weighted by Gasteiger charge is -2.17. The molecule has 0 aliphatic carbocycles. The molecule has 0 radical (unpaired) electrons. The van der Waals surface area contributed by atoms with E-state index in [1.54, 1.807) is 18.5 Å². The van der Waals surface area contributed by atoms with Crippen molar-refractivity contribution in [2.45, 2.75) is 19.8 Å². The second-order valence-corrected chi connectivity index (χ2v) is 4.82. The number of hydrogen-bond donors (Lipinski definition) is 1. The number of aromatic nitrogens is 2. The largest absolute Gasteiger partial charge is 0.481 e. The highest BCUT2D eigenvalue weighted by Crippen LogP contribution is 2.32. The fourth-order valence-corrected chi connectivity index (χ4v) is 2.50. The van der Waals surface area contributed by atoms with Crippen molar-refractivity contribution in [3.05, 3.63) is 15.9 Å². The van der Waals surface area contributed by atoms with Crippen LogP contribution >= 0.6 is 0 Å². The van der Waals surface area contributed by atoms with Gasteiger partial charge in [0.2, 0.25) is 11.6 Å². The first-order valence-corrected chi connectivity index (χ1v) is 6.04. The van der Waals surface area contributed by atoms with Crippen LogP contribution < -0.4 is 4.90 Å². The van der Waals surface area contributed by atoms with E-state index in [2.05, 4.69) is 4.98 Å². The van der Waals surface area contributed by atoms with Gasteiger partial charge in [-0.3, -0.25) is 9.36 Å². The van der Waals surface area contributed by atoms with Crippen molar-refractivity contribution in [3.8, 4) is 0 Å². The van der Waals surface area contributed by atoms with Gasteiger partial charge in [0.25, 0.3) is 0 Å². The van der Waals surface area contributed by atoms with Crippen LogP contribution in [0.5, 0.6) is 0 Å². The molecule has 8 heteroatoms. The van der Waals surface area contributed by atoms with Gasteiger partial charge in [0, 0.05) is 33.5 Å². The van der Waals surface area contributed by atoms with Gasteiger partial charge in [-0.25, -0.2) is 0 Å². The van der Waals surface area contributed by atoms with E-state index in [0.717, 1.165) is 6.42 Å². The summed E-state index contributed by atoms with van der Waals surface area (Å²) in [5.41, 5.74) is 0. The zero-order valence-electron chi connectivity index (χ0n) is 10.9. The highest BCUT2D eigenvalue weighted by Gasteiger charge is 2.33. The predicted molar refractivity (Wildman–Crippen MR) is 67.2 cm³/mol. The van der Waals surface area contributed by atoms with Gasteiger partial charge in [-0.2, -0.15) is 0 Å². The summed E-state index contributed by atoms with van der Waals surface area (Å²) in [6.07, 6.45) is 0.828. The lowest BCUT2D eigenvalue weighted by atomic mass is 10.1. The summed E-state index contributed by atoms with van der Waals surface area (Å²) in [6.45, 7) is 2.85. The van der Waals surface area contributed by atoms with Crippen molar-refractivity contribution in [1.82, 2.24) is 9.55 Å². The topological polar surface area (TPSA) is 102 Å². The summed E-state index contributed by atoms with van der Waals surface area (Å²) in [6, 6.07) is 0. The second-order valence-electron chi connectivity index (χ2n) is 4.82. The molecule has 1 N–H and O–H groups in total.